The first-order valence-corrected chi connectivity index (χ1v) is 5.69. The SMILES string of the molecule is O=C(O)[C@@H]1CCCN1C(=O)N1CCNCC1. The smallest absolute Gasteiger partial charge is 0.326 e. The average Bonchev–Trinajstić information content (AvgIpc) is 2.78. The highest BCUT2D eigenvalue weighted by Gasteiger charge is 2.36. The van der Waals surface area contributed by atoms with Gasteiger partial charge in [0.2, 0.25) is 0 Å². The fourth-order valence-corrected chi connectivity index (χ4v) is 2.29. The van der Waals surface area contributed by atoms with Gasteiger partial charge in [0.05, 0.1) is 0 Å². The molecule has 0 aromatic carbocycles. The van der Waals surface area contributed by atoms with Crippen LogP contribution >= 0.6 is 0 Å². The molecule has 90 valence electrons. The Kier molecular flexibility index (Phi) is 3.28. The number of carboxylic acids is 1. The Balaban J connectivity index is 1.99. The zero-order valence-electron chi connectivity index (χ0n) is 9.19. The number of piperazine rings is 1. The Morgan fingerprint density at radius 1 is 1.19 bits per heavy atom. The van der Waals surface area contributed by atoms with E-state index in [-0.39, 0.29) is 6.03 Å². The molecule has 6 heteroatoms. The van der Waals surface area contributed by atoms with Crippen molar-refractivity contribution in [3.63, 3.8) is 0 Å². The number of likely N-dealkylation sites (tertiary alicyclic amines) is 1. The van der Waals surface area contributed by atoms with Crippen molar-refractivity contribution in [3.05, 3.63) is 0 Å². The minimum atomic E-state index is -0.888. The minimum Gasteiger partial charge on any atom is -0.480 e. The van der Waals surface area contributed by atoms with Gasteiger partial charge in [0, 0.05) is 32.7 Å². The molecular weight excluding hydrogens is 210 g/mol. The van der Waals surface area contributed by atoms with Crippen LogP contribution in [0.5, 0.6) is 0 Å². The van der Waals surface area contributed by atoms with Gasteiger partial charge in [-0.25, -0.2) is 9.59 Å². The molecule has 2 aliphatic rings. The van der Waals surface area contributed by atoms with E-state index >= 15 is 0 Å². The van der Waals surface area contributed by atoms with Gasteiger partial charge in [-0.05, 0) is 12.8 Å². The van der Waals surface area contributed by atoms with Crippen molar-refractivity contribution in [3.8, 4) is 0 Å². The summed E-state index contributed by atoms with van der Waals surface area (Å²) in [5.41, 5.74) is 0. The third-order valence-electron chi connectivity index (χ3n) is 3.17. The molecule has 2 fully saturated rings. The Labute approximate surface area is 94.2 Å². The normalized spacial score (nSPS) is 25.9. The Hall–Kier alpha value is -1.30. The van der Waals surface area contributed by atoms with Crippen LogP contribution in [0, 0.1) is 0 Å². The first-order valence-electron chi connectivity index (χ1n) is 5.69. The average molecular weight is 227 g/mol. The predicted octanol–water partition coefficient (Wildman–Crippen LogP) is -0.439. The molecule has 1 atom stereocenters. The van der Waals surface area contributed by atoms with Crippen LogP contribution in [-0.2, 0) is 4.79 Å². The van der Waals surface area contributed by atoms with E-state index < -0.39 is 12.0 Å². The number of urea groups is 1. The number of nitrogens with one attached hydrogen (secondary N) is 1. The standard InChI is InChI=1S/C10H17N3O3/c14-9(15)8-2-1-5-13(8)10(16)12-6-3-11-4-7-12/h8,11H,1-7H2,(H,14,15)/t8-/m0/s1. The highest BCUT2D eigenvalue weighted by atomic mass is 16.4. The van der Waals surface area contributed by atoms with Crippen molar-refractivity contribution in [1.82, 2.24) is 15.1 Å². The number of carbonyl (C=O) groups excluding carboxylic acids is 1. The lowest BCUT2D eigenvalue weighted by molar-refractivity contribution is -0.141. The van der Waals surface area contributed by atoms with Crippen LogP contribution in [0.2, 0.25) is 0 Å². The Bertz CT molecular complexity index is 289. The van der Waals surface area contributed by atoms with Crippen molar-refractivity contribution >= 4 is 12.0 Å². The van der Waals surface area contributed by atoms with E-state index in [1.165, 1.54) is 4.90 Å². The lowest BCUT2D eigenvalue weighted by Gasteiger charge is -2.33. The Morgan fingerprint density at radius 3 is 2.50 bits per heavy atom. The molecule has 0 aromatic heterocycles. The van der Waals surface area contributed by atoms with E-state index in [2.05, 4.69) is 5.32 Å². The van der Waals surface area contributed by atoms with Crippen molar-refractivity contribution in [2.75, 3.05) is 32.7 Å². The van der Waals surface area contributed by atoms with Crippen LogP contribution in [0.15, 0.2) is 0 Å². The van der Waals surface area contributed by atoms with Gasteiger partial charge in [-0.2, -0.15) is 0 Å². The molecule has 2 rings (SSSR count). The molecule has 0 radical (unpaired) electrons. The maximum Gasteiger partial charge on any atom is 0.326 e. The molecule has 0 spiro atoms. The molecule has 0 unspecified atom stereocenters. The van der Waals surface area contributed by atoms with Gasteiger partial charge in [-0.15, -0.1) is 0 Å². The largest absolute Gasteiger partial charge is 0.480 e. The molecule has 0 aliphatic carbocycles. The van der Waals surface area contributed by atoms with Crippen LogP contribution in [0.3, 0.4) is 0 Å². The molecule has 0 bridgehead atoms. The van der Waals surface area contributed by atoms with Gasteiger partial charge in [0.1, 0.15) is 6.04 Å². The number of hydrogen-bond donors (Lipinski definition) is 2. The summed E-state index contributed by atoms with van der Waals surface area (Å²) in [4.78, 5) is 26.3. The summed E-state index contributed by atoms with van der Waals surface area (Å²) in [5, 5.41) is 12.2. The summed E-state index contributed by atoms with van der Waals surface area (Å²) in [6, 6.07) is -0.742. The third-order valence-corrected chi connectivity index (χ3v) is 3.17. The number of aliphatic carboxylic acids is 1. The number of hydrogen-bond acceptors (Lipinski definition) is 3. The van der Waals surface area contributed by atoms with Gasteiger partial charge in [0.25, 0.3) is 0 Å². The second-order valence-corrected chi connectivity index (χ2v) is 4.21. The monoisotopic (exact) mass is 227 g/mol. The molecule has 6 nitrogen and oxygen atoms in total. The second-order valence-electron chi connectivity index (χ2n) is 4.21. The molecule has 2 amide bonds. The third kappa shape index (κ3) is 2.11. The maximum absolute atomic E-state index is 12.1. The van der Waals surface area contributed by atoms with Crippen LogP contribution in [0.1, 0.15) is 12.8 Å². The lowest BCUT2D eigenvalue weighted by atomic mass is 10.2. The number of carbonyl (C=O) groups is 2. The fourth-order valence-electron chi connectivity index (χ4n) is 2.29. The summed E-state index contributed by atoms with van der Waals surface area (Å²) >= 11 is 0. The predicted molar refractivity (Wildman–Crippen MR) is 57.2 cm³/mol. The van der Waals surface area contributed by atoms with Crippen LogP contribution in [0.4, 0.5) is 4.79 Å². The van der Waals surface area contributed by atoms with Crippen LogP contribution in [-0.4, -0.2) is 65.7 Å². The van der Waals surface area contributed by atoms with E-state index in [0.717, 1.165) is 19.5 Å². The lowest BCUT2D eigenvalue weighted by Crippen LogP contribution is -2.53. The summed E-state index contributed by atoms with van der Waals surface area (Å²) in [6.45, 7) is 3.48. The number of nitrogens with zero attached hydrogens (tertiary/aromatic N) is 2. The van der Waals surface area contributed by atoms with Gasteiger partial charge in [-0.3, -0.25) is 0 Å². The molecule has 2 N–H and O–H groups in total. The highest BCUT2D eigenvalue weighted by Crippen LogP contribution is 2.19. The first-order chi connectivity index (χ1) is 7.70. The van der Waals surface area contributed by atoms with Gasteiger partial charge in [0.15, 0.2) is 0 Å². The van der Waals surface area contributed by atoms with Crippen molar-refractivity contribution in [1.29, 1.82) is 0 Å². The number of carboxylic acid groups (broad SMARTS) is 1. The zero-order valence-corrected chi connectivity index (χ0v) is 9.19. The second kappa shape index (κ2) is 4.69. The summed E-state index contributed by atoms with van der Waals surface area (Å²) in [5.74, 6) is -0.888. The number of rotatable bonds is 1. The Morgan fingerprint density at radius 2 is 1.88 bits per heavy atom. The summed E-state index contributed by atoms with van der Waals surface area (Å²) in [7, 11) is 0. The minimum absolute atomic E-state index is 0.119. The summed E-state index contributed by atoms with van der Waals surface area (Å²) in [6.07, 6.45) is 1.36. The van der Waals surface area contributed by atoms with Crippen LogP contribution in [0.25, 0.3) is 0 Å². The highest BCUT2D eigenvalue weighted by molar-refractivity contribution is 5.83. The summed E-state index contributed by atoms with van der Waals surface area (Å²) < 4.78 is 0. The van der Waals surface area contributed by atoms with E-state index in [0.29, 0.717) is 26.1 Å². The number of amides is 2. The fraction of sp³-hybridized carbons (Fsp3) is 0.800. The molecule has 0 saturated carbocycles. The zero-order chi connectivity index (χ0) is 11.5. The van der Waals surface area contributed by atoms with Gasteiger partial charge >= 0.3 is 12.0 Å². The van der Waals surface area contributed by atoms with E-state index in [9.17, 15) is 9.59 Å². The molecule has 2 aliphatic heterocycles. The van der Waals surface area contributed by atoms with Crippen molar-refractivity contribution < 1.29 is 14.7 Å². The molecule has 2 saturated heterocycles. The van der Waals surface area contributed by atoms with Crippen LogP contribution < -0.4 is 5.32 Å². The maximum atomic E-state index is 12.1. The molecular formula is C10H17N3O3. The quantitative estimate of drug-likeness (QED) is 0.637. The van der Waals surface area contributed by atoms with Crippen molar-refractivity contribution in [2.24, 2.45) is 0 Å². The van der Waals surface area contributed by atoms with Crippen molar-refractivity contribution in [2.45, 2.75) is 18.9 Å². The van der Waals surface area contributed by atoms with E-state index in [1.54, 1.807) is 4.90 Å². The molecule has 0 aromatic rings. The molecule has 2 heterocycles. The van der Waals surface area contributed by atoms with E-state index in [4.69, 9.17) is 5.11 Å². The topological polar surface area (TPSA) is 72.9 Å². The van der Waals surface area contributed by atoms with Gasteiger partial charge in [-0.1, -0.05) is 0 Å². The first kappa shape index (κ1) is 11.2. The van der Waals surface area contributed by atoms with Gasteiger partial charge < -0.3 is 20.2 Å². The molecule has 16 heavy (non-hydrogen) atoms. The van der Waals surface area contributed by atoms with E-state index in [1.807, 2.05) is 0 Å².